The number of aromatic nitrogens is 1. The summed E-state index contributed by atoms with van der Waals surface area (Å²) in [5.74, 6) is 1.12. The Balaban J connectivity index is 1.19. The van der Waals surface area contributed by atoms with Crippen LogP contribution in [-0.2, 0) is 20.3 Å². The first kappa shape index (κ1) is 43.8. The number of amides is 3. The molecule has 1 atom stereocenters. The second-order valence-corrected chi connectivity index (χ2v) is 17.6. The van der Waals surface area contributed by atoms with Crippen LogP contribution in [0.25, 0.3) is 10.8 Å². The van der Waals surface area contributed by atoms with Crippen molar-refractivity contribution in [3.63, 3.8) is 0 Å². The standard InChI is InChI=1S/C44H53N7O8S/c1-43(2,3)30-26-35(40(57-6)37(27-30)60(55,56)45-4)48-42(53)47-34-16-17-36(33-15-11-10-14-32(33)34)59-31-18-22-46-39(28-31)49-38(44(54)20-23-51(5)24-21-44)19-25-58-50-41(52)29-12-8-7-9-13-29/h7-18,22,26-28,38,45,54H,19-21,23-25H2,1-6H3,(H,46,49)(H,50,52)(H2,47,48,53). The van der Waals surface area contributed by atoms with Crippen molar-refractivity contribution in [2.75, 3.05) is 56.9 Å². The molecule has 0 radical (unpaired) electrons. The van der Waals surface area contributed by atoms with Gasteiger partial charge in [-0.05, 0) is 86.8 Å². The van der Waals surface area contributed by atoms with E-state index in [1.54, 1.807) is 66.9 Å². The molecule has 0 spiro atoms. The lowest BCUT2D eigenvalue weighted by atomic mass is 9.83. The molecule has 1 fully saturated rings. The Morgan fingerprint density at radius 1 is 0.917 bits per heavy atom. The fourth-order valence-electron chi connectivity index (χ4n) is 7.02. The molecule has 60 heavy (non-hydrogen) atoms. The number of nitrogens with one attached hydrogen (secondary N) is 5. The Labute approximate surface area is 350 Å². The number of nitrogens with zero attached hydrogens (tertiary/aromatic N) is 2. The van der Waals surface area contributed by atoms with Gasteiger partial charge in [0.15, 0.2) is 5.75 Å². The van der Waals surface area contributed by atoms with E-state index < -0.39 is 33.1 Å². The SMILES string of the molecule is CNS(=O)(=O)c1cc(C(C)(C)C)cc(NC(=O)Nc2ccc(Oc3ccnc(NC(CCONC(=O)c4ccccc4)C4(O)CCN(C)CC4)c3)c3ccccc23)c1OC. The zero-order chi connectivity index (χ0) is 43.1. The second-order valence-electron chi connectivity index (χ2n) is 15.8. The molecule has 6 rings (SSSR count). The van der Waals surface area contributed by atoms with E-state index in [-0.39, 0.29) is 28.8 Å². The normalized spacial score (nSPS) is 14.8. The minimum absolute atomic E-state index is 0.000180. The van der Waals surface area contributed by atoms with E-state index in [4.69, 9.17) is 14.3 Å². The molecule has 1 aliphatic rings. The van der Waals surface area contributed by atoms with Gasteiger partial charge in [0, 0.05) is 41.7 Å². The lowest BCUT2D eigenvalue weighted by Gasteiger charge is -2.42. The van der Waals surface area contributed by atoms with Crippen LogP contribution in [-0.4, -0.2) is 87.9 Å². The number of methoxy groups -OCH3 is 1. The highest BCUT2D eigenvalue weighted by atomic mass is 32.2. The van der Waals surface area contributed by atoms with Gasteiger partial charge >= 0.3 is 6.03 Å². The molecule has 6 N–H and O–H groups in total. The van der Waals surface area contributed by atoms with Crippen LogP contribution >= 0.6 is 0 Å². The van der Waals surface area contributed by atoms with E-state index in [1.165, 1.54) is 14.2 Å². The Hall–Kier alpha value is -5.78. The molecule has 2 heterocycles. The fraction of sp³-hybridized carbons (Fsp3) is 0.341. The summed E-state index contributed by atoms with van der Waals surface area (Å²) in [5.41, 5.74) is 2.82. The molecule has 318 valence electrons. The summed E-state index contributed by atoms with van der Waals surface area (Å²) in [6.45, 7) is 7.41. The number of carbonyl (C=O) groups excluding carboxylic acids is 2. The zero-order valence-corrected chi connectivity index (χ0v) is 35.5. The van der Waals surface area contributed by atoms with E-state index >= 15 is 0 Å². The lowest BCUT2D eigenvalue weighted by molar-refractivity contribution is -0.0424. The molecule has 16 heteroatoms. The molecular formula is C44H53N7O8S. The number of aliphatic hydroxyl groups is 1. The molecule has 15 nitrogen and oxygen atoms in total. The largest absolute Gasteiger partial charge is 0.493 e. The average Bonchev–Trinajstić information content (AvgIpc) is 3.23. The number of benzene rings is 4. The molecule has 1 saturated heterocycles. The maximum Gasteiger partial charge on any atom is 0.323 e. The van der Waals surface area contributed by atoms with Gasteiger partial charge < -0.3 is 35.4 Å². The van der Waals surface area contributed by atoms with E-state index in [1.807, 2.05) is 58.2 Å². The van der Waals surface area contributed by atoms with Crippen LogP contribution in [0.2, 0.25) is 0 Å². The molecular weight excluding hydrogens is 787 g/mol. The Morgan fingerprint density at radius 2 is 1.60 bits per heavy atom. The molecule has 0 bridgehead atoms. The van der Waals surface area contributed by atoms with Crippen LogP contribution in [0, 0.1) is 0 Å². The lowest BCUT2D eigenvalue weighted by Crippen LogP contribution is -2.54. The predicted octanol–water partition coefficient (Wildman–Crippen LogP) is 6.87. The van der Waals surface area contributed by atoms with Gasteiger partial charge in [-0.3, -0.25) is 9.63 Å². The third-order valence-corrected chi connectivity index (χ3v) is 12.0. The van der Waals surface area contributed by atoms with Gasteiger partial charge in [0.1, 0.15) is 22.2 Å². The summed E-state index contributed by atoms with van der Waals surface area (Å²) in [6, 6.07) is 25.3. The third kappa shape index (κ3) is 10.5. The fourth-order valence-corrected chi connectivity index (χ4v) is 7.96. The number of hydroxylamine groups is 1. The van der Waals surface area contributed by atoms with Gasteiger partial charge in [-0.25, -0.2) is 28.4 Å². The first-order chi connectivity index (χ1) is 28.6. The molecule has 0 saturated carbocycles. The Morgan fingerprint density at radius 3 is 2.28 bits per heavy atom. The summed E-state index contributed by atoms with van der Waals surface area (Å²) in [7, 11) is 0.752. The second kappa shape index (κ2) is 18.6. The molecule has 0 aliphatic carbocycles. The molecule has 5 aromatic rings. The number of urea groups is 1. The summed E-state index contributed by atoms with van der Waals surface area (Å²) < 4.78 is 40.3. The first-order valence-electron chi connectivity index (χ1n) is 19.6. The van der Waals surface area contributed by atoms with E-state index in [2.05, 4.69) is 36.0 Å². The maximum atomic E-state index is 13.6. The number of likely N-dealkylation sites (tertiary alicyclic amines) is 1. The van der Waals surface area contributed by atoms with Crippen LogP contribution < -0.4 is 35.6 Å². The third-order valence-electron chi connectivity index (χ3n) is 10.6. The number of hydrogen-bond acceptors (Lipinski definition) is 11. The van der Waals surface area contributed by atoms with Crippen LogP contribution in [0.4, 0.5) is 22.0 Å². The zero-order valence-electron chi connectivity index (χ0n) is 34.7. The minimum Gasteiger partial charge on any atom is -0.493 e. The number of carbonyl (C=O) groups is 2. The number of ether oxygens (including phenoxy) is 2. The average molecular weight is 840 g/mol. The maximum absolute atomic E-state index is 13.6. The van der Waals surface area contributed by atoms with Crippen LogP contribution in [0.1, 0.15) is 56.0 Å². The summed E-state index contributed by atoms with van der Waals surface area (Å²) in [5, 5.41) is 22.4. The van der Waals surface area contributed by atoms with Crippen molar-refractivity contribution in [2.45, 2.75) is 62.0 Å². The minimum atomic E-state index is -3.93. The van der Waals surface area contributed by atoms with Crippen molar-refractivity contribution in [2.24, 2.45) is 0 Å². The smallest absolute Gasteiger partial charge is 0.323 e. The molecule has 1 unspecified atom stereocenters. The number of rotatable bonds is 15. The first-order valence-corrected chi connectivity index (χ1v) is 21.1. The molecule has 1 aromatic heterocycles. The number of fused-ring (bicyclic) bond motifs is 1. The van der Waals surface area contributed by atoms with E-state index in [0.29, 0.717) is 64.2 Å². The highest BCUT2D eigenvalue weighted by molar-refractivity contribution is 7.89. The number of pyridine rings is 1. The molecule has 1 aliphatic heterocycles. The Bertz CT molecular complexity index is 2420. The van der Waals surface area contributed by atoms with Crippen molar-refractivity contribution < 1.29 is 37.4 Å². The van der Waals surface area contributed by atoms with Gasteiger partial charge in [-0.15, -0.1) is 0 Å². The summed E-state index contributed by atoms with van der Waals surface area (Å²) in [6.07, 6.45) is 3.06. The number of hydrogen-bond donors (Lipinski definition) is 6. The monoisotopic (exact) mass is 839 g/mol. The molecule has 4 aromatic carbocycles. The van der Waals surface area contributed by atoms with Crippen molar-refractivity contribution in [1.82, 2.24) is 20.1 Å². The van der Waals surface area contributed by atoms with Gasteiger partial charge in [0.2, 0.25) is 10.0 Å². The van der Waals surface area contributed by atoms with Gasteiger partial charge in [-0.1, -0.05) is 63.2 Å². The van der Waals surface area contributed by atoms with E-state index in [0.717, 1.165) is 13.1 Å². The summed E-state index contributed by atoms with van der Waals surface area (Å²) >= 11 is 0. The van der Waals surface area contributed by atoms with Crippen molar-refractivity contribution in [3.05, 3.63) is 108 Å². The highest BCUT2D eigenvalue weighted by Crippen LogP contribution is 2.39. The molecule has 3 amide bonds. The van der Waals surface area contributed by atoms with Crippen LogP contribution in [0.15, 0.2) is 102 Å². The van der Waals surface area contributed by atoms with Gasteiger partial charge in [0.05, 0.1) is 36.7 Å². The van der Waals surface area contributed by atoms with Crippen molar-refractivity contribution in [1.29, 1.82) is 0 Å². The van der Waals surface area contributed by atoms with Gasteiger partial charge in [0.25, 0.3) is 5.91 Å². The number of piperidine rings is 1. The topological polar surface area (TPSA) is 192 Å². The highest BCUT2D eigenvalue weighted by Gasteiger charge is 2.39. The van der Waals surface area contributed by atoms with Gasteiger partial charge in [-0.2, -0.15) is 0 Å². The number of anilines is 3. The quantitative estimate of drug-likeness (QED) is 0.0476. The van der Waals surface area contributed by atoms with E-state index in [9.17, 15) is 23.1 Å². The van der Waals surface area contributed by atoms with Crippen molar-refractivity contribution in [3.8, 4) is 17.2 Å². The summed E-state index contributed by atoms with van der Waals surface area (Å²) in [4.78, 5) is 38.3. The van der Waals surface area contributed by atoms with Crippen LogP contribution in [0.3, 0.4) is 0 Å². The predicted molar refractivity (Wildman–Crippen MR) is 232 cm³/mol. The van der Waals surface area contributed by atoms with Crippen molar-refractivity contribution >= 4 is 49.9 Å². The Kier molecular flexibility index (Phi) is 13.6. The van der Waals surface area contributed by atoms with Crippen LogP contribution in [0.5, 0.6) is 17.2 Å². The number of sulfonamides is 1.